The quantitative estimate of drug-likeness (QED) is 0.379. The fourth-order valence-corrected chi connectivity index (χ4v) is 3.28. The van der Waals surface area contributed by atoms with E-state index in [-0.39, 0.29) is 19.4 Å². The zero-order chi connectivity index (χ0) is 24.5. The largest absolute Gasteiger partial charge is 0.484 e. The molecule has 0 aliphatic heterocycles. The van der Waals surface area contributed by atoms with Crippen molar-refractivity contribution in [3.05, 3.63) is 96.4 Å². The lowest BCUT2D eigenvalue weighted by molar-refractivity contribution is -0.130. The van der Waals surface area contributed by atoms with E-state index in [2.05, 4.69) is 15.8 Å². The number of amides is 2. The van der Waals surface area contributed by atoms with E-state index in [0.717, 1.165) is 11.1 Å². The second-order valence-corrected chi connectivity index (χ2v) is 7.54. The lowest BCUT2D eigenvalue weighted by atomic mass is 10.1. The Morgan fingerprint density at radius 1 is 0.857 bits per heavy atom. The summed E-state index contributed by atoms with van der Waals surface area (Å²) in [6.07, 6.45) is 0.329. The number of nitrogens with zero attached hydrogens (tertiary/aromatic N) is 2. The van der Waals surface area contributed by atoms with E-state index >= 15 is 0 Å². The number of nitrogens with one attached hydrogen (secondary N) is 2. The van der Waals surface area contributed by atoms with Crippen LogP contribution in [0.25, 0.3) is 22.6 Å². The van der Waals surface area contributed by atoms with Crippen LogP contribution in [0.3, 0.4) is 0 Å². The van der Waals surface area contributed by atoms with Crippen LogP contribution in [-0.4, -0.2) is 23.4 Å². The summed E-state index contributed by atoms with van der Waals surface area (Å²) in [5.74, 6) is 0.598. The minimum absolute atomic E-state index is 0.0692. The zero-order valence-corrected chi connectivity index (χ0v) is 18.7. The number of rotatable bonds is 8. The first-order valence-corrected chi connectivity index (χ1v) is 10.9. The SMILES string of the molecule is N#Cc1ccc(OCC(=O)NNC(=O)CCc2nc(-c3ccccc3)c(-c3ccccc3)o2)cc1. The highest BCUT2D eigenvalue weighted by Crippen LogP contribution is 2.32. The van der Waals surface area contributed by atoms with Gasteiger partial charge in [-0.25, -0.2) is 4.98 Å². The number of ether oxygens (including phenoxy) is 1. The van der Waals surface area contributed by atoms with Gasteiger partial charge < -0.3 is 9.15 Å². The van der Waals surface area contributed by atoms with E-state index in [1.807, 2.05) is 66.7 Å². The zero-order valence-electron chi connectivity index (χ0n) is 18.7. The Morgan fingerprint density at radius 2 is 1.49 bits per heavy atom. The van der Waals surface area contributed by atoms with Gasteiger partial charge in [-0.2, -0.15) is 5.26 Å². The molecule has 0 bridgehead atoms. The number of nitriles is 1. The van der Waals surface area contributed by atoms with Gasteiger partial charge in [0, 0.05) is 24.0 Å². The molecule has 0 radical (unpaired) electrons. The third kappa shape index (κ3) is 6.33. The Bertz CT molecular complexity index is 1270. The van der Waals surface area contributed by atoms with Crippen molar-refractivity contribution in [3.8, 4) is 34.4 Å². The Balaban J connectivity index is 1.31. The molecular formula is C27H22N4O4. The highest BCUT2D eigenvalue weighted by atomic mass is 16.5. The number of aromatic nitrogens is 1. The van der Waals surface area contributed by atoms with Crippen molar-refractivity contribution in [3.63, 3.8) is 0 Å². The van der Waals surface area contributed by atoms with Crippen molar-refractivity contribution in [2.75, 3.05) is 6.61 Å². The molecule has 0 unspecified atom stereocenters. The normalized spacial score (nSPS) is 10.3. The first kappa shape index (κ1) is 23.3. The summed E-state index contributed by atoms with van der Waals surface area (Å²) in [6, 6.07) is 27.7. The molecule has 0 fully saturated rings. The van der Waals surface area contributed by atoms with E-state index in [4.69, 9.17) is 14.4 Å². The number of hydrazine groups is 1. The van der Waals surface area contributed by atoms with E-state index in [1.165, 1.54) is 0 Å². The number of benzene rings is 3. The fourth-order valence-electron chi connectivity index (χ4n) is 3.28. The standard InChI is InChI=1S/C27H22N4O4/c28-17-19-11-13-22(14-12-19)34-18-24(33)31-30-23(32)15-16-25-29-26(20-7-3-1-4-8-20)27(35-25)21-9-5-2-6-10-21/h1-14H,15-16,18H2,(H,30,32)(H,31,33). The maximum Gasteiger partial charge on any atom is 0.276 e. The van der Waals surface area contributed by atoms with Crippen LogP contribution in [0.1, 0.15) is 17.9 Å². The Kier molecular flexibility index (Phi) is 7.51. The van der Waals surface area contributed by atoms with E-state index in [9.17, 15) is 9.59 Å². The van der Waals surface area contributed by atoms with Gasteiger partial charge in [0.2, 0.25) is 5.91 Å². The van der Waals surface area contributed by atoms with Crippen LogP contribution in [0, 0.1) is 11.3 Å². The molecule has 0 spiro atoms. The van der Waals surface area contributed by atoms with E-state index < -0.39 is 11.8 Å². The molecule has 0 aliphatic rings. The molecule has 4 aromatic rings. The average Bonchev–Trinajstić information content (AvgIpc) is 3.35. The van der Waals surface area contributed by atoms with Crippen molar-refractivity contribution < 1.29 is 18.7 Å². The molecule has 0 saturated carbocycles. The number of hydrogen-bond donors (Lipinski definition) is 2. The number of oxazole rings is 1. The molecule has 8 nitrogen and oxygen atoms in total. The molecular weight excluding hydrogens is 444 g/mol. The summed E-state index contributed by atoms with van der Waals surface area (Å²) >= 11 is 0. The van der Waals surface area contributed by atoms with Crippen LogP contribution < -0.4 is 15.6 Å². The first-order valence-electron chi connectivity index (χ1n) is 10.9. The summed E-state index contributed by atoms with van der Waals surface area (Å²) in [6.45, 7) is -0.285. The molecule has 3 aromatic carbocycles. The molecule has 35 heavy (non-hydrogen) atoms. The lowest BCUT2D eigenvalue weighted by Gasteiger charge is -2.08. The number of carbonyl (C=O) groups is 2. The minimum Gasteiger partial charge on any atom is -0.484 e. The molecule has 2 amide bonds. The van der Waals surface area contributed by atoms with Crippen LogP contribution in [-0.2, 0) is 16.0 Å². The van der Waals surface area contributed by atoms with Gasteiger partial charge in [-0.05, 0) is 24.3 Å². The number of aryl methyl sites for hydroxylation is 1. The molecule has 0 atom stereocenters. The molecule has 1 aromatic heterocycles. The minimum atomic E-state index is -0.517. The van der Waals surface area contributed by atoms with Crippen LogP contribution in [0.15, 0.2) is 89.3 Å². The van der Waals surface area contributed by atoms with Gasteiger partial charge in [0.1, 0.15) is 11.4 Å². The van der Waals surface area contributed by atoms with Crippen LogP contribution in [0.4, 0.5) is 0 Å². The maximum absolute atomic E-state index is 12.2. The van der Waals surface area contributed by atoms with Gasteiger partial charge in [0.05, 0.1) is 11.6 Å². The predicted molar refractivity (Wildman–Crippen MR) is 129 cm³/mol. The van der Waals surface area contributed by atoms with Crippen LogP contribution in [0.5, 0.6) is 5.75 Å². The van der Waals surface area contributed by atoms with Gasteiger partial charge >= 0.3 is 0 Å². The molecule has 2 N–H and O–H groups in total. The van der Waals surface area contributed by atoms with Crippen molar-refractivity contribution >= 4 is 11.8 Å². The maximum atomic E-state index is 12.2. The van der Waals surface area contributed by atoms with Crippen molar-refractivity contribution in [1.82, 2.24) is 15.8 Å². The highest BCUT2D eigenvalue weighted by Gasteiger charge is 2.17. The van der Waals surface area contributed by atoms with Crippen LogP contribution >= 0.6 is 0 Å². The average molecular weight is 466 g/mol. The van der Waals surface area contributed by atoms with Crippen molar-refractivity contribution in [1.29, 1.82) is 5.26 Å². The summed E-state index contributed by atoms with van der Waals surface area (Å²) in [5, 5.41) is 8.80. The first-order chi connectivity index (χ1) is 17.1. The van der Waals surface area contributed by atoms with Gasteiger partial charge in [-0.15, -0.1) is 0 Å². The smallest absolute Gasteiger partial charge is 0.276 e. The van der Waals surface area contributed by atoms with Crippen LogP contribution in [0.2, 0.25) is 0 Å². The third-order valence-electron chi connectivity index (χ3n) is 5.02. The van der Waals surface area contributed by atoms with E-state index in [1.54, 1.807) is 24.3 Å². The van der Waals surface area contributed by atoms with Gasteiger partial charge in [0.15, 0.2) is 18.3 Å². The number of hydrogen-bond acceptors (Lipinski definition) is 6. The second-order valence-electron chi connectivity index (χ2n) is 7.54. The molecule has 174 valence electrons. The summed E-state index contributed by atoms with van der Waals surface area (Å²) in [4.78, 5) is 28.8. The molecule has 4 rings (SSSR count). The number of carbonyl (C=O) groups excluding carboxylic acids is 2. The fraction of sp³-hybridized carbons (Fsp3) is 0.111. The Morgan fingerprint density at radius 3 is 2.14 bits per heavy atom. The molecule has 0 aliphatic carbocycles. The van der Waals surface area contributed by atoms with Gasteiger partial charge in [0.25, 0.3) is 5.91 Å². The Labute approximate surface area is 202 Å². The molecule has 0 saturated heterocycles. The molecule has 8 heteroatoms. The third-order valence-corrected chi connectivity index (χ3v) is 5.02. The topological polar surface area (TPSA) is 117 Å². The summed E-state index contributed by atoms with van der Waals surface area (Å²) < 4.78 is 11.3. The lowest BCUT2D eigenvalue weighted by Crippen LogP contribution is -2.43. The highest BCUT2D eigenvalue weighted by molar-refractivity contribution is 5.83. The second kappa shape index (κ2) is 11.3. The van der Waals surface area contributed by atoms with Crippen molar-refractivity contribution in [2.45, 2.75) is 12.8 Å². The monoisotopic (exact) mass is 466 g/mol. The van der Waals surface area contributed by atoms with Crippen molar-refractivity contribution in [2.24, 2.45) is 0 Å². The van der Waals surface area contributed by atoms with E-state index in [0.29, 0.717) is 28.7 Å². The van der Waals surface area contributed by atoms with Gasteiger partial charge in [-0.3, -0.25) is 20.4 Å². The molecule has 1 heterocycles. The predicted octanol–water partition coefficient (Wildman–Crippen LogP) is 4.04. The summed E-state index contributed by atoms with van der Waals surface area (Å²) in [7, 11) is 0. The Hall–Kier alpha value is -4.90. The summed E-state index contributed by atoms with van der Waals surface area (Å²) in [5.41, 5.74) is 7.68. The van der Waals surface area contributed by atoms with Gasteiger partial charge in [-0.1, -0.05) is 60.7 Å².